The Morgan fingerprint density at radius 3 is 2.57 bits per heavy atom. The normalized spacial score (nSPS) is 29.1. The van der Waals surface area contributed by atoms with Crippen LogP contribution < -0.4 is 0 Å². The first-order chi connectivity index (χ1) is 6.55. The lowest BCUT2D eigenvalue weighted by atomic mass is 10.0. The van der Waals surface area contributed by atoms with Gasteiger partial charge in [-0.3, -0.25) is 0 Å². The molecule has 0 bridgehead atoms. The summed E-state index contributed by atoms with van der Waals surface area (Å²) in [6.45, 7) is 10.8. The molecule has 0 N–H and O–H groups in total. The van der Waals surface area contributed by atoms with E-state index >= 15 is 0 Å². The first kappa shape index (κ1) is 12.2. The van der Waals surface area contributed by atoms with Crippen molar-refractivity contribution < 1.29 is 4.74 Å². The van der Waals surface area contributed by atoms with E-state index in [-0.39, 0.29) is 0 Å². The molecule has 0 aromatic heterocycles. The smallest absolute Gasteiger partial charge is 0.0579 e. The topological polar surface area (TPSA) is 9.23 Å². The van der Waals surface area contributed by atoms with Crippen LogP contribution in [0.3, 0.4) is 0 Å². The SMILES string of the molecule is CCCC[C@@H]1OCCC[C@H]1[Si](C)(C)C. The minimum absolute atomic E-state index is 0.593. The maximum absolute atomic E-state index is 5.95. The van der Waals surface area contributed by atoms with E-state index in [1.807, 2.05) is 0 Å². The van der Waals surface area contributed by atoms with Crippen LogP contribution in [0.4, 0.5) is 0 Å². The Balaban J connectivity index is 2.50. The lowest BCUT2D eigenvalue weighted by Gasteiger charge is -2.39. The van der Waals surface area contributed by atoms with Crippen LogP contribution in [0.25, 0.3) is 0 Å². The summed E-state index contributed by atoms with van der Waals surface area (Å²) in [5.74, 6) is 0. The second-order valence-electron chi connectivity index (χ2n) is 5.67. The van der Waals surface area contributed by atoms with Crippen LogP contribution in [0.15, 0.2) is 0 Å². The summed E-state index contributed by atoms with van der Waals surface area (Å²) in [5, 5.41) is 0. The highest BCUT2D eigenvalue weighted by Gasteiger charge is 2.35. The molecule has 1 rings (SSSR count). The first-order valence-corrected chi connectivity index (χ1v) is 9.75. The van der Waals surface area contributed by atoms with E-state index in [9.17, 15) is 0 Å². The molecule has 0 aromatic rings. The number of unbranched alkanes of at least 4 members (excludes halogenated alkanes) is 1. The number of ether oxygens (including phenoxy) is 1. The van der Waals surface area contributed by atoms with Gasteiger partial charge in [-0.15, -0.1) is 0 Å². The molecule has 0 radical (unpaired) electrons. The Kier molecular flexibility index (Phi) is 4.65. The fraction of sp³-hybridized carbons (Fsp3) is 1.00. The highest BCUT2D eigenvalue weighted by atomic mass is 28.3. The van der Waals surface area contributed by atoms with Crippen molar-refractivity contribution in [1.29, 1.82) is 0 Å². The van der Waals surface area contributed by atoms with Crippen LogP contribution in [0.2, 0.25) is 25.2 Å². The van der Waals surface area contributed by atoms with Crippen molar-refractivity contribution in [3.05, 3.63) is 0 Å². The van der Waals surface area contributed by atoms with Gasteiger partial charge in [0.05, 0.1) is 14.2 Å². The summed E-state index contributed by atoms with van der Waals surface area (Å²) in [7, 11) is -0.994. The van der Waals surface area contributed by atoms with Crippen LogP contribution in [0.1, 0.15) is 39.0 Å². The summed E-state index contributed by atoms with van der Waals surface area (Å²) >= 11 is 0. The van der Waals surface area contributed by atoms with E-state index in [0.29, 0.717) is 6.10 Å². The highest BCUT2D eigenvalue weighted by molar-refractivity contribution is 6.77. The van der Waals surface area contributed by atoms with E-state index in [1.54, 1.807) is 0 Å². The average molecular weight is 214 g/mol. The lowest BCUT2D eigenvalue weighted by Crippen LogP contribution is -2.40. The van der Waals surface area contributed by atoms with Gasteiger partial charge >= 0.3 is 0 Å². The number of hydrogen-bond donors (Lipinski definition) is 0. The van der Waals surface area contributed by atoms with Crippen molar-refractivity contribution in [2.45, 2.75) is 70.3 Å². The lowest BCUT2D eigenvalue weighted by molar-refractivity contribution is 0.00849. The molecule has 1 nitrogen and oxygen atoms in total. The molecule has 14 heavy (non-hydrogen) atoms. The maximum Gasteiger partial charge on any atom is 0.0579 e. The molecule has 2 atom stereocenters. The summed E-state index contributed by atoms with van der Waals surface area (Å²) in [6.07, 6.45) is 7.24. The molecule has 1 aliphatic heterocycles. The molecular formula is C12H26OSi. The largest absolute Gasteiger partial charge is 0.378 e. The Labute approximate surface area is 90.2 Å². The molecule has 84 valence electrons. The van der Waals surface area contributed by atoms with Gasteiger partial charge in [0.2, 0.25) is 0 Å². The van der Waals surface area contributed by atoms with E-state index in [4.69, 9.17) is 4.74 Å². The fourth-order valence-electron chi connectivity index (χ4n) is 2.52. The summed E-state index contributed by atoms with van der Waals surface area (Å²) in [5.41, 5.74) is 0.905. The molecule has 0 aliphatic carbocycles. The Hall–Kier alpha value is 0.177. The second-order valence-corrected chi connectivity index (χ2v) is 11.1. The third-order valence-electron chi connectivity index (χ3n) is 3.39. The van der Waals surface area contributed by atoms with Gasteiger partial charge in [-0.2, -0.15) is 0 Å². The van der Waals surface area contributed by atoms with Crippen LogP contribution >= 0.6 is 0 Å². The molecule has 0 saturated carbocycles. The monoisotopic (exact) mass is 214 g/mol. The molecule has 0 aromatic carbocycles. The van der Waals surface area contributed by atoms with Crippen molar-refractivity contribution >= 4 is 8.07 Å². The highest BCUT2D eigenvalue weighted by Crippen LogP contribution is 2.37. The third-order valence-corrected chi connectivity index (χ3v) is 6.28. The zero-order valence-electron chi connectivity index (χ0n) is 10.3. The van der Waals surface area contributed by atoms with Crippen molar-refractivity contribution in [3.63, 3.8) is 0 Å². The summed E-state index contributed by atoms with van der Waals surface area (Å²) in [6, 6.07) is 0. The zero-order valence-corrected chi connectivity index (χ0v) is 11.3. The standard InChI is InChI=1S/C12H26OSi/c1-5-6-8-11-12(14(2,3)4)9-7-10-13-11/h11-12H,5-10H2,1-4H3/t11-,12+/m0/s1. The van der Waals surface area contributed by atoms with Crippen LogP contribution in [-0.2, 0) is 4.74 Å². The van der Waals surface area contributed by atoms with Crippen LogP contribution in [0.5, 0.6) is 0 Å². The predicted octanol–water partition coefficient (Wildman–Crippen LogP) is 4.06. The molecular weight excluding hydrogens is 188 g/mol. The molecule has 0 unspecified atom stereocenters. The van der Waals surface area contributed by atoms with Gasteiger partial charge in [0.15, 0.2) is 0 Å². The van der Waals surface area contributed by atoms with E-state index in [1.165, 1.54) is 32.1 Å². The Morgan fingerprint density at radius 1 is 1.29 bits per heavy atom. The predicted molar refractivity (Wildman–Crippen MR) is 65.6 cm³/mol. The Morgan fingerprint density at radius 2 is 2.00 bits per heavy atom. The van der Waals surface area contributed by atoms with Gasteiger partial charge in [-0.25, -0.2) is 0 Å². The van der Waals surface area contributed by atoms with Crippen LogP contribution in [0, 0.1) is 0 Å². The van der Waals surface area contributed by atoms with Crippen molar-refractivity contribution in [2.75, 3.05) is 6.61 Å². The van der Waals surface area contributed by atoms with Gasteiger partial charge in [0.1, 0.15) is 0 Å². The van der Waals surface area contributed by atoms with E-state index < -0.39 is 8.07 Å². The quantitative estimate of drug-likeness (QED) is 0.641. The summed E-state index contributed by atoms with van der Waals surface area (Å²) in [4.78, 5) is 0. The number of hydrogen-bond acceptors (Lipinski definition) is 1. The van der Waals surface area contributed by atoms with Gasteiger partial charge < -0.3 is 4.74 Å². The fourth-order valence-corrected chi connectivity index (χ4v) is 4.97. The molecule has 2 heteroatoms. The van der Waals surface area contributed by atoms with Crippen molar-refractivity contribution in [1.82, 2.24) is 0 Å². The van der Waals surface area contributed by atoms with Crippen LogP contribution in [-0.4, -0.2) is 20.8 Å². The van der Waals surface area contributed by atoms with E-state index in [2.05, 4.69) is 26.6 Å². The number of rotatable bonds is 4. The third kappa shape index (κ3) is 3.39. The first-order valence-electron chi connectivity index (χ1n) is 6.17. The van der Waals surface area contributed by atoms with Gasteiger partial charge in [0.25, 0.3) is 0 Å². The molecule has 1 fully saturated rings. The second kappa shape index (κ2) is 5.31. The zero-order chi connectivity index (χ0) is 10.6. The summed E-state index contributed by atoms with van der Waals surface area (Å²) < 4.78 is 5.95. The van der Waals surface area contributed by atoms with E-state index in [0.717, 1.165) is 12.1 Å². The molecule has 0 amide bonds. The average Bonchev–Trinajstić information content (AvgIpc) is 2.14. The Bertz CT molecular complexity index is 162. The van der Waals surface area contributed by atoms with Gasteiger partial charge in [-0.1, -0.05) is 39.4 Å². The minimum atomic E-state index is -0.994. The van der Waals surface area contributed by atoms with Crippen molar-refractivity contribution in [2.24, 2.45) is 0 Å². The maximum atomic E-state index is 5.95. The van der Waals surface area contributed by atoms with Gasteiger partial charge in [-0.05, 0) is 24.8 Å². The molecule has 1 aliphatic rings. The minimum Gasteiger partial charge on any atom is -0.378 e. The molecule has 0 spiro atoms. The molecule has 1 saturated heterocycles. The van der Waals surface area contributed by atoms with Gasteiger partial charge in [0, 0.05) is 6.61 Å². The van der Waals surface area contributed by atoms with Crippen molar-refractivity contribution in [3.8, 4) is 0 Å². The molecule has 1 heterocycles.